The predicted molar refractivity (Wildman–Crippen MR) is 86.1 cm³/mol. The van der Waals surface area contributed by atoms with Crippen LogP contribution in [0.2, 0.25) is 0 Å². The number of hydrogen-bond donors (Lipinski definition) is 2. The first-order valence-electron chi connectivity index (χ1n) is 8.23. The van der Waals surface area contributed by atoms with Crippen LogP contribution in [0.25, 0.3) is 0 Å². The van der Waals surface area contributed by atoms with Crippen molar-refractivity contribution in [3.8, 4) is 0 Å². The lowest BCUT2D eigenvalue weighted by Gasteiger charge is -2.06. The van der Waals surface area contributed by atoms with Crippen molar-refractivity contribution in [3.05, 3.63) is 35.9 Å². The summed E-state index contributed by atoms with van der Waals surface area (Å²) in [4.78, 5) is 0. The summed E-state index contributed by atoms with van der Waals surface area (Å²) in [6, 6.07) is 10.3. The van der Waals surface area contributed by atoms with Crippen LogP contribution >= 0.6 is 0 Å². The number of ether oxygens (including phenoxy) is 1. The van der Waals surface area contributed by atoms with Crippen LogP contribution in [-0.4, -0.2) is 29.5 Å². The molecular weight excluding hydrogens is 264 g/mol. The van der Waals surface area contributed by atoms with Gasteiger partial charge in [0.05, 0.1) is 19.3 Å². The molecule has 0 bridgehead atoms. The van der Waals surface area contributed by atoms with Crippen LogP contribution in [0.5, 0.6) is 0 Å². The molecule has 1 aromatic carbocycles. The number of aliphatic hydroxyl groups excluding tert-OH is 2. The van der Waals surface area contributed by atoms with Gasteiger partial charge in [0.1, 0.15) is 0 Å². The molecule has 0 unspecified atom stereocenters. The van der Waals surface area contributed by atoms with E-state index >= 15 is 0 Å². The normalized spacial score (nSPS) is 12.5. The van der Waals surface area contributed by atoms with Gasteiger partial charge in [-0.25, -0.2) is 0 Å². The number of rotatable bonds is 13. The van der Waals surface area contributed by atoms with Crippen LogP contribution in [-0.2, 0) is 11.3 Å². The first-order valence-corrected chi connectivity index (χ1v) is 8.23. The third-order valence-corrected chi connectivity index (χ3v) is 3.65. The van der Waals surface area contributed by atoms with E-state index in [1.54, 1.807) is 0 Å². The molecule has 120 valence electrons. The van der Waals surface area contributed by atoms with Crippen LogP contribution in [0.4, 0.5) is 0 Å². The molecule has 0 heterocycles. The molecule has 0 radical (unpaired) electrons. The molecule has 0 fully saturated rings. The number of hydrogen-bond acceptors (Lipinski definition) is 3. The quantitative estimate of drug-likeness (QED) is 0.546. The molecule has 1 aromatic rings. The molecule has 2 N–H and O–H groups in total. The van der Waals surface area contributed by atoms with Gasteiger partial charge in [-0.15, -0.1) is 0 Å². The summed E-state index contributed by atoms with van der Waals surface area (Å²) in [5.41, 5.74) is 1.24. The SMILES string of the molecule is OC[C@@H](O)CCCCCCCCCOCc1ccccc1. The summed E-state index contributed by atoms with van der Waals surface area (Å²) >= 11 is 0. The highest BCUT2D eigenvalue weighted by molar-refractivity contribution is 5.13. The van der Waals surface area contributed by atoms with E-state index in [1.807, 2.05) is 18.2 Å². The van der Waals surface area contributed by atoms with Crippen molar-refractivity contribution in [2.24, 2.45) is 0 Å². The van der Waals surface area contributed by atoms with Gasteiger partial charge in [-0.2, -0.15) is 0 Å². The number of aliphatic hydroxyl groups is 2. The fourth-order valence-corrected chi connectivity index (χ4v) is 2.32. The van der Waals surface area contributed by atoms with E-state index < -0.39 is 6.10 Å². The largest absolute Gasteiger partial charge is 0.394 e. The first-order chi connectivity index (χ1) is 10.3. The Balaban J connectivity index is 1.79. The van der Waals surface area contributed by atoms with Gasteiger partial charge in [0.2, 0.25) is 0 Å². The minimum absolute atomic E-state index is 0.108. The van der Waals surface area contributed by atoms with E-state index in [0.717, 1.165) is 32.3 Å². The average Bonchev–Trinajstić information content (AvgIpc) is 2.53. The van der Waals surface area contributed by atoms with Gasteiger partial charge in [-0.1, -0.05) is 68.9 Å². The Labute approximate surface area is 129 Å². The van der Waals surface area contributed by atoms with E-state index in [4.69, 9.17) is 9.84 Å². The molecule has 1 rings (SSSR count). The molecule has 0 saturated heterocycles. The first kappa shape index (κ1) is 18.1. The van der Waals surface area contributed by atoms with Gasteiger partial charge in [0, 0.05) is 6.61 Å². The Hall–Kier alpha value is -0.900. The predicted octanol–water partition coefficient (Wildman–Crippen LogP) is 3.68. The highest BCUT2D eigenvalue weighted by atomic mass is 16.5. The van der Waals surface area contributed by atoms with Gasteiger partial charge in [0.25, 0.3) is 0 Å². The van der Waals surface area contributed by atoms with Gasteiger partial charge < -0.3 is 14.9 Å². The smallest absolute Gasteiger partial charge is 0.0770 e. The molecule has 0 saturated carbocycles. The zero-order chi connectivity index (χ0) is 15.2. The highest BCUT2D eigenvalue weighted by Crippen LogP contribution is 2.10. The van der Waals surface area contributed by atoms with E-state index in [-0.39, 0.29) is 6.61 Å². The Morgan fingerprint density at radius 1 is 0.857 bits per heavy atom. The lowest BCUT2D eigenvalue weighted by Crippen LogP contribution is -2.10. The van der Waals surface area contributed by atoms with Crippen LogP contribution < -0.4 is 0 Å². The van der Waals surface area contributed by atoms with Crippen molar-refractivity contribution >= 4 is 0 Å². The molecule has 3 nitrogen and oxygen atoms in total. The van der Waals surface area contributed by atoms with Crippen molar-refractivity contribution in [2.75, 3.05) is 13.2 Å². The molecule has 0 spiro atoms. The molecule has 21 heavy (non-hydrogen) atoms. The van der Waals surface area contributed by atoms with E-state index in [0.29, 0.717) is 6.61 Å². The maximum Gasteiger partial charge on any atom is 0.0770 e. The van der Waals surface area contributed by atoms with Crippen molar-refractivity contribution in [1.82, 2.24) is 0 Å². The Morgan fingerprint density at radius 2 is 1.48 bits per heavy atom. The van der Waals surface area contributed by atoms with Crippen LogP contribution in [0.15, 0.2) is 30.3 Å². The third kappa shape index (κ3) is 10.5. The fourth-order valence-electron chi connectivity index (χ4n) is 2.32. The summed E-state index contributed by atoms with van der Waals surface area (Å²) in [6.45, 7) is 1.45. The standard InChI is InChI=1S/C18H30O3/c19-15-18(20)13-9-4-2-1-3-5-10-14-21-16-17-11-7-6-8-12-17/h6-8,11-12,18-20H,1-5,9-10,13-16H2/t18-/m0/s1. The topological polar surface area (TPSA) is 49.7 Å². The molecule has 0 aliphatic carbocycles. The van der Waals surface area contributed by atoms with E-state index in [9.17, 15) is 5.11 Å². The summed E-state index contributed by atoms with van der Waals surface area (Å²) in [7, 11) is 0. The van der Waals surface area contributed by atoms with Crippen LogP contribution in [0.1, 0.15) is 56.9 Å². The number of unbranched alkanes of at least 4 members (excludes halogenated alkanes) is 6. The lowest BCUT2D eigenvalue weighted by molar-refractivity contribution is 0.0860. The fraction of sp³-hybridized carbons (Fsp3) is 0.667. The lowest BCUT2D eigenvalue weighted by atomic mass is 10.1. The molecular formula is C18H30O3. The van der Waals surface area contributed by atoms with Gasteiger partial charge >= 0.3 is 0 Å². The minimum Gasteiger partial charge on any atom is -0.394 e. The molecule has 0 aliphatic heterocycles. The molecule has 0 amide bonds. The maximum absolute atomic E-state index is 9.20. The summed E-state index contributed by atoms with van der Waals surface area (Å²) in [5, 5.41) is 17.9. The summed E-state index contributed by atoms with van der Waals surface area (Å²) in [6.07, 6.45) is 8.48. The van der Waals surface area contributed by atoms with Gasteiger partial charge in [0.15, 0.2) is 0 Å². The third-order valence-electron chi connectivity index (χ3n) is 3.65. The van der Waals surface area contributed by atoms with Crippen molar-refractivity contribution in [2.45, 2.75) is 64.1 Å². The average molecular weight is 294 g/mol. The van der Waals surface area contributed by atoms with Crippen molar-refractivity contribution < 1.29 is 14.9 Å². The second-order valence-corrected chi connectivity index (χ2v) is 5.64. The zero-order valence-electron chi connectivity index (χ0n) is 13.0. The molecule has 0 aromatic heterocycles. The monoisotopic (exact) mass is 294 g/mol. The van der Waals surface area contributed by atoms with Gasteiger partial charge in [-0.3, -0.25) is 0 Å². The maximum atomic E-state index is 9.20. The van der Waals surface area contributed by atoms with E-state index in [2.05, 4.69) is 12.1 Å². The summed E-state index contributed by atoms with van der Waals surface area (Å²) < 4.78 is 5.65. The van der Waals surface area contributed by atoms with Crippen LogP contribution in [0.3, 0.4) is 0 Å². The molecule has 0 aliphatic rings. The van der Waals surface area contributed by atoms with Gasteiger partial charge in [-0.05, 0) is 18.4 Å². The van der Waals surface area contributed by atoms with Crippen molar-refractivity contribution in [1.29, 1.82) is 0 Å². The minimum atomic E-state index is -0.522. The Kier molecular flexibility index (Phi) is 11.1. The number of benzene rings is 1. The second kappa shape index (κ2) is 12.8. The Bertz CT molecular complexity index is 326. The van der Waals surface area contributed by atoms with E-state index in [1.165, 1.54) is 31.2 Å². The highest BCUT2D eigenvalue weighted by Gasteiger charge is 2.00. The summed E-state index contributed by atoms with van der Waals surface area (Å²) in [5.74, 6) is 0. The molecule has 3 heteroatoms. The zero-order valence-corrected chi connectivity index (χ0v) is 13.0. The molecule has 1 atom stereocenters. The Morgan fingerprint density at radius 3 is 2.14 bits per heavy atom. The second-order valence-electron chi connectivity index (χ2n) is 5.64. The van der Waals surface area contributed by atoms with Crippen molar-refractivity contribution in [3.63, 3.8) is 0 Å². The van der Waals surface area contributed by atoms with Crippen LogP contribution in [0, 0.1) is 0 Å².